The van der Waals surface area contributed by atoms with Gasteiger partial charge in [-0.1, -0.05) is 78.5 Å². The monoisotopic (exact) mass is 580 g/mol. The normalized spacial score (nSPS) is 32.1. The molecule has 1 aliphatic heterocycles. The molecule has 0 amide bonds. The van der Waals surface area contributed by atoms with Crippen molar-refractivity contribution >= 4 is 12.2 Å². The Bertz CT molecular complexity index is 1620. The molecular formula is C42H48N2. The van der Waals surface area contributed by atoms with Crippen LogP contribution >= 0.6 is 0 Å². The van der Waals surface area contributed by atoms with Gasteiger partial charge in [-0.3, -0.25) is 0 Å². The van der Waals surface area contributed by atoms with E-state index in [0.29, 0.717) is 29.8 Å². The van der Waals surface area contributed by atoms with Gasteiger partial charge in [0.2, 0.25) is 0 Å². The van der Waals surface area contributed by atoms with Gasteiger partial charge in [-0.05, 0) is 119 Å². The molecule has 0 aromatic carbocycles. The minimum absolute atomic E-state index is 0.417. The number of aromatic nitrogens is 1. The number of hydrogen-bond acceptors (Lipinski definition) is 1. The zero-order valence-corrected chi connectivity index (χ0v) is 26.4. The van der Waals surface area contributed by atoms with Crippen molar-refractivity contribution in [2.75, 3.05) is 0 Å². The molecule has 8 aliphatic rings. The van der Waals surface area contributed by atoms with E-state index in [1.54, 1.807) is 44.9 Å². The molecule has 0 N–H and O–H groups in total. The molecule has 5 unspecified atom stereocenters. The molecule has 7 aliphatic carbocycles. The number of fused-ring (bicyclic) bond motifs is 6. The zero-order chi connectivity index (χ0) is 29.0. The second-order valence-corrected chi connectivity index (χ2v) is 14.6. The van der Waals surface area contributed by atoms with Crippen LogP contribution in [0.2, 0.25) is 0 Å². The molecule has 2 heteroatoms. The average molecular weight is 581 g/mol. The maximum absolute atomic E-state index is 2.96. The molecule has 1 aromatic rings. The molecule has 0 saturated carbocycles. The predicted molar refractivity (Wildman–Crippen MR) is 184 cm³/mol. The molecule has 0 fully saturated rings. The molecule has 9 rings (SSSR count). The quantitative estimate of drug-likeness (QED) is 0.322. The summed E-state index contributed by atoms with van der Waals surface area (Å²) in [4.78, 5) is 2.96. The first-order valence-corrected chi connectivity index (χ1v) is 18.1. The van der Waals surface area contributed by atoms with Crippen LogP contribution in [0.3, 0.4) is 0 Å². The van der Waals surface area contributed by atoms with Gasteiger partial charge in [0.05, 0.1) is 6.04 Å². The van der Waals surface area contributed by atoms with E-state index in [-0.39, 0.29) is 0 Å². The van der Waals surface area contributed by atoms with Gasteiger partial charge in [0.1, 0.15) is 0 Å². The van der Waals surface area contributed by atoms with E-state index in [1.807, 2.05) is 0 Å². The van der Waals surface area contributed by atoms with Crippen molar-refractivity contribution in [2.24, 2.45) is 17.8 Å². The average Bonchev–Trinajstić information content (AvgIpc) is 3.62. The Morgan fingerprint density at radius 3 is 2.59 bits per heavy atom. The van der Waals surface area contributed by atoms with Gasteiger partial charge in [-0.2, -0.15) is 0 Å². The van der Waals surface area contributed by atoms with Gasteiger partial charge in [-0.25, -0.2) is 0 Å². The van der Waals surface area contributed by atoms with Gasteiger partial charge in [0.15, 0.2) is 0 Å². The van der Waals surface area contributed by atoms with Crippen molar-refractivity contribution in [1.29, 1.82) is 0 Å². The molecular weight excluding hydrogens is 532 g/mol. The van der Waals surface area contributed by atoms with Gasteiger partial charge in [0.25, 0.3) is 0 Å². The highest BCUT2D eigenvalue weighted by Gasteiger charge is 2.47. The van der Waals surface area contributed by atoms with E-state index < -0.39 is 0 Å². The van der Waals surface area contributed by atoms with Crippen LogP contribution in [0.4, 0.5) is 0 Å². The van der Waals surface area contributed by atoms with Crippen molar-refractivity contribution < 1.29 is 0 Å². The van der Waals surface area contributed by atoms with E-state index in [9.17, 15) is 0 Å². The molecule has 2 heterocycles. The minimum atomic E-state index is 0.417. The lowest BCUT2D eigenvalue weighted by Crippen LogP contribution is -2.32. The first-order chi connectivity index (χ1) is 21.8. The summed E-state index contributed by atoms with van der Waals surface area (Å²) in [6, 6.07) is 0.931. The minimum Gasteiger partial charge on any atom is -0.339 e. The molecule has 2 nitrogen and oxygen atoms in total. The number of hydrogen-bond donors (Lipinski definition) is 0. The molecule has 5 atom stereocenters. The second kappa shape index (κ2) is 11.3. The van der Waals surface area contributed by atoms with Crippen LogP contribution in [0, 0.1) is 17.8 Å². The van der Waals surface area contributed by atoms with E-state index in [1.165, 1.54) is 95.6 Å². The van der Waals surface area contributed by atoms with Crippen molar-refractivity contribution in [3.63, 3.8) is 0 Å². The summed E-state index contributed by atoms with van der Waals surface area (Å²) >= 11 is 0. The summed E-state index contributed by atoms with van der Waals surface area (Å²) in [7, 11) is 0. The maximum atomic E-state index is 2.96. The summed E-state index contributed by atoms with van der Waals surface area (Å²) in [5, 5.41) is 0. The Morgan fingerprint density at radius 2 is 1.68 bits per heavy atom. The second-order valence-electron chi connectivity index (χ2n) is 14.6. The largest absolute Gasteiger partial charge is 0.339 e. The Kier molecular flexibility index (Phi) is 6.94. The van der Waals surface area contributed by atoms with Gasteiger partial charge in [0, 0.05) is 52.1 Å². The smallest absolute Gasteiger partial charge is 0.0843 e. The third kappa shape index (κ3) is 4.42. The SMILES string of the molecule is C1=CCCC(C2C=C(N3C4=C(CCCC4)C4C=Cc5c6c(n(C7CC=CC(C8=CCCC=C8)C7)c5C43)C=CCC6)CCC2)=C1. The summed E-state index contributed by atoms with van der Waals surface area (Å²) in [5.41, 5.74) is 14.7. The van der Waals surface area contributed by atoms with Crippen LogP contribution in [0.5, 0.6) is 0 Å². The van der Waals surface area contributed by atoms with Crippen molar-refractivity contribution in [3.05, 3.63) is 117 Å². The molecule has 0 spiro atoms. The maximum Gasteiger partial charge on any atom is 0.0843 e. The molecule has 0 radical (unpaired) electrons. The van der Waals surface area contributed by atoms with Crippen molar-refractivity contribution in [1.82, 2.24) is 9.47 Å². The summed E-state index contributed by atoms with van der Waals surface area (Å²) in [5.74, 6) is 1.67. The lowest BCUT2D eigenvalue weighted by molar-refractivity contribution is 0.266. The summed E-state index contributed by atoms with van der Waals surface area (Å²) < 4.78 is 2.91. The third-order valence-corrected chi connectivity index (χ3v) is 12.1. The summed E-state index contributed by atoms with van der Waals surface area (Å²) in [6.45, 7) is 0. The number of rotatable bonds is 4. The van der Waals surface area contributed by atoms with E-state index in [2.05, 4.69) is 88.5 Å². The topological polar surface area (TPSA) is 8.17 Å². The van der Waals surface area contributed by atoms with Crippen LogP contribution < -0.4 is 0 Å². The van der Waals surface area contributed by atoms with E-state index in [4.69, 9.17) is 0 Å². The zero-order valence-electron chi connectivity index (χ0n) is 26.4. The third-order valence-electron chi connectivity index (χ3n) is 12.1. The fourth-order valence-corrected chi connectivity index (χ4v) is 10.1. The fraction of sp³-hybridized carbons (Fsp3) is 0.476. The van der Waals surface area contributed by atoms with Crippen LogP contribution in [-0.2, 0) is 6.42 Å². The molecule has 0 saturated heterocycles. The van der Waals surface area contributed by atoms with Crippen LogP contribution in [0.1, 0.15) is 124 Å². The standard InChI is InChI=1S/C42H48N2/c1-3-13-29(14-4-1)31-17-11-19-33(27-31)43-39-23-9-7-21-35(39)37-25-26-38-36-22-8-10-24-40(36)44(42(38)41(37)43)34-20-12-18-32(28-34)30-15-5-2-6-16-30/h1,3,5,10,12-13,15-16,18,24-27,31-32,34,37,41H,2,4,6-9,11,14,17,19-23,28H2. The molecule has 0 bridgehead atoms. The molecule has 1 aromatic heterocycles. The van der Waals surface area contributed by atoms with Gasteiger partial charge in [-0.15, -0.1) is 0 Å². The molecule has 44 heavy (non-hydrogen) atoms. The Hall–Kier alpha value is -3.26. The van der Waals surface area contributed by atoms with Gasteiger partial charge >= 0.3 is 0 Å². The molecule has 226 valence electrons. The predicted octanol–water partition coefficient (Wildman–Crippen LogP) is 11.0. The van der Waals surface area contributed by atoms with Gasteiger partial charge < -0.3 is 9.47 Å². The lowest BCUT2D eigenvalue weighted by atomic mass is 9.80. The lowest BCUT2D eigenvalue weighted by Gasteiger charge is -2.40. The van der Waals surface area contributed by atoms with Crippen LogP contribution in [0.15, 0.2) is 94.9 Å². The first kappa shape index (κ1) is 27.1. The Morgan fingerprint density at radius 1 is 0.750 bits per heavy atom. The Labute approximate surface area is 264 Å². The highest BCUT2D eigenvalue weighted by atomic mass is 15.2. The van der Waals surface area contributed by atoms with Crippen LogP contribution in [-0.4, -0.2) is 9.47 Å². The Balaban J connectivity index is 1.17. The first-order valence-electron chi connectivity index (χ1n) is 18.1. The highest BCUT2D eigenvalue weighted by Crippen LogP contribution is 2.57. The van der Waals surface area contributed by atoms with Crippen molar-refractivity contribution in [3.8, 4) is 0 Å². The highest BCUT2D eigenvalue weighted by molar-refractivity contribution is 5.71. The number of nitrogens with zero attached hydrogens (tertiary/aromatic N) is 2. The number of allylic oxidation sites excluding steroid dienone is 14. The van der Waals surface area contributed by atoms with Crippen LogP contribution in [0.25, 0.3) is 12.2 Å². The fourth-order valence-electron chi connectivity index (χ4n) is 10.1. The van der Waals surface area contributed by atoms with Crippen molar-refractivity contribution in [2.45, 2.75) is 108 Å². The van der Waals surface area contributed by atoms with E-state index in [0.717, 1.165) is 6.42 Å². The summed E-state index contributed by atoms with van der Waals surface area (Å²) in [6.07, 6.45) is 51.0. The van der Waals surface area contributed by atoms with E-state index >= 15 is 0 Å².